The van der Waals surface area contributed by atoms with E-state index in [1.165, 1.54) is 4.57 Å². The molecule has 1 unspecified atom stereocenters. The smallest absolute Gasteiger partial charge is 0.263 e. The first-order valence-corrected chi connectivity index (χ1v) is 8.59. The van der Waals surface area contributed by atoms with Crippen molar-refractivity contribution in [2.24, 2.45) is 7.05 Å². The molecule has 3 aromatic rings. The van der Waals surface area contributed by atoms with E-state index in [0.717, 1.165) is 23.1 Å². The van der Waals surface area contributed by atoms with Crippen molar-refractivity contribution in [1.29, 1.82) is 0 Å². The van der Waals surface area contributed by atoms with E-state index >= 15 is 0 Å². The third-order valence-electron chi connectivity index (χ3n) is 4.68. The zero-order chi connectivity index (χ0) is 18.1. The second-order valence-corrected chi connectivity index (χ2v) is 6.45. The predicted octanol–water partition coefficient (Wildman–Crippen LogP) is 2.23. The number of carbonyl (C=O) groups excluding carboxylic acids is 1. The molecule has 3 heterocycles. The highest BCUT2D eigenvalue weighted by Crippen LogP contribution is 2.26. The van der Waals surface area contributed by atoms with Crippen molar-refractivity contribution < 1.29 is 9.53 Å². The van der Waals surface area contributed by atoms with Gasteiger partial charge in [-0.15, -0.1) is 0 Å². The molecule has 1 atom stereocenters. The van der Waals surface area contributed by atoms with Crippen LogP contribution in [0.3, 0.4) is 0 Å². The van der Waals surface area contributed by atoms with Crippen molar-refractivity contribution in [3.05, 3.63) is 70.8 Å². The summed E-state index contributed by atoms with van der Waals surface area (Å²) in [4.78, 5) is 30.9. The van der Waals surface area contributed by atoms with Gasteiger partial charge in [0.15, 0.2) is 0 Å². The van der Waals surface area contributed by atoms with Crippen molar-refractivity contribution in [3.63, 3.8) is 0 Å². The normalized spacial score (nSPS) is 16.8. The zero-order valence-corrected chi connectivity index (χ0v) is 14.5. The fourth-order valence-electron chi connectivity index (χ4n) is 3.29. The number of pyridine rings is 2. The highest BCUT2D eigenvalue weighted by atomic mass is 16.5. The minimum Gasteiger partial charge on any atom is -0.486 e. The molecule has 1 aliphatic heterocycles. The Bertz CT molecular complexity index is 1020. The third-order valence-corrected chi connectivity index (χ3v) is 4.68. The summed E-state index contributed by atoms with van der Waals surface area (Å²) in [7, 11) is 1.64. The largest absolute Gasteiger partial charge is 0.486 e. The first-order chi connectivity index (χ1) is 12.6. The van der Waals surface area contributed by atoms with E-state index in [-0.39, 0.29) is 23.1 Å². The highest BCUT2D eigenvalue weighted by Gasteiger charge is 2.30. The van der Waals surface area contributed by atoms with Gasteiger partial charge in [0.2, 0.25) is 0 Å². The number of likely N-dealkylation sites (tertiary alicyclic amines) is 1. The van der Waals surface area contributed by atoms with Gasteiger partial charge in [0.05, 0.1) is 6.54 Å². The van der Waals surface area contributed by atoms with Gasteiger partial charge in [-0.3, -0.25) is 14.6 Å². The maximum Gasteiger partial charge on any atom is 0.263 e. The maximum absolute atomic E-state index is 12.7. The molecule has 132 valence electrons. The Hall–Kier alpha value is -3.15. The van der Waals surface area contributed by atoms with Crippen molar-refractivity contribution >= 4 is 16.8 Å². The summed E-state index contributed by atoms with van der Waals surface area (Å²) in [5.41, 5.74) is 0.735. The third kappa shape index (κ3) is 2.94. The number of hydrogen-bond donors (Lipinski definition) is 0. The Labute approximate surface area is 150 Å². The van der Waals surface area contributed by atoms with E-state index in [1.807, 2.05) is 30.3 Å². The number of amides is 1. The number of para-hydroxylation sites is 1. The van der Waals surface area contributed by atoms with E-state index in [4.69, 9.17) is 4.74 Å². The quantitative estimate of drug-likeness (QED) is 0.727. The summed E-state index contributed by atoms with van der Waals surface area (Å²) in [5, 5.41) is 1.02. The molecule has 0 N–H and O–H groups in total. The average Bonchev–Trinajstić information content (AvgIpc) is 3.12. The lowest BCUT2D eigenvalue weighted by Crippen LogP contribution is -2.35. The van der Waals surface area contributed by atoms with E-state index in [1.54, 1.807) is 36.5 Å². The number of hydrogen-bond acceptors (Lipinski definition) is 4. The molecule has 6 heteroatoms. The Morgan fingerprint density at radius 1 is 1.19 bits per heavy atom. The monoisotopic (exact) mass is 349 g/mol. The summed E-state index contributed by atoms with van der Waals surface area (Å²) >= 11 is 0. The molecule has 1 amide bonds. The molecule has 4 rings (SSSR count). The first kappa shape index (κ1) is 16.3. The Kier molecular flexibility index (Phi) is 4.16. The Balaban J connectivity index is 1.51. The minimum absolute atomic E-state index is 0.112. The highest BCUT2D eigenvalue weighted by molar-refractivity contribution is 5.94. The van der Waals surface area contributed by atoms with Crippen LogP contribution in [0, 0.1) is 0 Å². The van der Waals surface area contributed by atoms with Gasteiger partial charge in [-0.05, 0) is 24.3 Å². The molecule has 6 nitrogen and oxygen atoms in total. The summed E-state index contributed by atoms with van der Waals surface area (Å²) in [6.07, 6.45) is 3.99. The molecule has 0 radical (unpaired) electrons. The molecular formula is C20H19N3O3. The topological polar surface area (TPSA) is 64.4 Å². The maximum atomic E-state index is 12.7. The van der Waals surface area contributed by atoms with E-state index in [9.17, 15) is 9.59 Å². The van der Waals surface area contributed by atoms with Crippen LogP contribution in [0.15, 0.2) is 59.7 Å². The van der Waals surface area contributed by atoms with Crippen LogP contribution >= 0.6 is 0 Å². The van der Waals surface area contributed by atoms with Gasteiger partial charge in [-0.25, -0.2) is 0 Å². The molecule has 1 aromatic carbocycles. The summed E-state index contributed by atoms with van der Waals surface area (Å²) < 4.78 is 7.53. The Morgan fingerprint density at radius 3 is 2.92 bits per heavy atom. The number of benzene rings is 1. The lowest BCUT2D eigenvalue weighted by Gasteiger charge is -2.18. The number of ether oxygens (including phenoxy) is 1. The van der Waals surface area contributed by atoms with Crippen molar-refractivity contribution in [3.8, 4) is 5.75 Å². The molecule has 2 aromatic heterocycles. The van der Waals surface area contributed by atoms with Crippen molar-refractivity contribution in [1.82, 2.24) is 14.5 Å². The lowest BCUT2D eigenvalue weighted by molar-refractivity contribution is 0.0770. The van der Waals surface area contributed by atoms with Crippen LogP contribution in [-0.2, 0) is 7.05 Å². The molecule has 26 heavy (non-hydrogen) atoms. The minimum atomic E-state index is -0.278. The van der Waals surface area contributed by atoms with Crippen LogP contribution in [0.4, 0.5) is 0 Å². The van der Waals surface area contributed by atoms with Gasteiger partial charge < -0.3 is 14.2 Å². The number of rotatable bonds is 3. The number of nitrogens with zero attached hydrogens (tertiary/aromatic N) is 3. The number of fused-ring (bicyclic) bond motifs is 1. The number of carbonyl (C=O) groups is 1. The molecule has 1 fully saturated rings. The standard InChI is InChI=1S/C20H19N3O3/c1-22-11-4-7-16(19(22)24)20(25)23-12-9-15(13-23)26-17-8-2-5-14-6-3-10-21-18(14)17/h2-8,10-11,15H,9,12-13H2,1H3. The second kappa shape index (κ2) is 6.63. The van der Waals surface area contributed by atoms with Gasteiger partial charge >= 0.3 is 0 Å². The molecule has 0 bridgehead atoms. The molecule has 0 spiro atoms. The fraction of sp³-hybridized carbons (Fsp3) is 0.250. The summed E-state index contributed by atoms with van der Waals surface area (Å²) in [6.45, 7) is 1.03. The van der Waals surface area contributed by atoms with E-state index in [0.29, 0.717) is 13.1 Å². The van der Waals surface area contributed by atoms with E-state index < -0.39 is 0 Å². The molecule has 1 saturated heterocycles. The SMILES string of the molecule is Cn1cccc(C(=O)N2CCC(Oc3cccc4cccnc34)C2)c1=O. The first-order valence-electron chi connectivity index (χ1n) is 8.59. The average molecular weight is 349 g/mol. The van der Waals surface area contributed by atoms with Crippen LogP contribution in [0.5, 0.6) is 5.75 Å². The number of aryl methyl sites for hydroxylation is 1. The van der Waals surface area contributed by atoms with E-state index in [2.05, 4.69) is 4.98 Å². The van der Waals surface area contributed by atoms with Gasteiger partial charge in [0.25, 0.3) is 11.5 Å². The van der Waals surface area contributed by atoms with Crippen LogP contribution < -0.4 is 10.3 Å². The van der Waals surface area contributed by atoms with Crippen LogP contribution in [0.25, 0.3) is 10.9 Å². The zero-order valence-electron chi connectivity index (χ0n) is 14.5. The molecular weight excluding hydrogens is 330 g/mol. The van der Waals surface area contributed by atoms with Gasteiger partial charge in [-0.2, -0.15) is 0 Å². The predicted molar refractivity (Wildman–Crippen MR) is 98.4 cm³/mol. The van der Waals surface area contributed by atoms with Crippen LogP contribution in [-0.4, -0.2) is 39.6 Å². The second-order valence-electron chi connectivity index (χ2n) is 6.45. The summed E-state index contributed by atoms with van der Waals surface area (Å²) in [6, 6.07) is 13.0. The van der Waals surface area contributed by atoms with Crippen LogP contribution in [0.1, 0.15) is 16.8 Å². The Morgan fingerprint density at radius 2 is 2.04 bits per heavy atom. The molecule has 1 aliphatic rings. The molecule has 0 aliphatic carbocycles. The number of aromatic nitrogens is 2. The van der Waals surface area contributed by atoms with Crippen molar-refractivity contribution in [2.45, 2.75) is 12.5 Å². The summed E-state index contributed by atoms with van der Waals surface area (Å²) in [5.74, 6) is 0.478. The lowest BCUT2D eigenvalue weighted by atomic mass is 10.2. The van der Waals surface area contributed by atoms with Gasteiger partial charge in [0.1, 0.15) is 22.9 Å². The van der Waals surface area contributed by atoms with Crippen LogP contribution in [0.2, 0.25) is 0 Å². The van der Waals surface area contributed by atoms with Gasteiger partial charge in [0, 0.05) is 37.8 Å². The van der Waals surface area contributed by atoms with Gasteiger partial charge in [-0.1, -0.05) is 18.2 Å². The van der Waals surface area contributed by atoms with Crippen molar-refractivity contribution in [2.75, 3.05) is 13.1 Å². The fourth-order valence-corrected chi connectivity index (χ4v) is 3.29. The molecule has 0 saturated carbocycles.